The lowest BCUT2D eigenvalue weighted by molar-refractivity contribution is 0.410. The van der Waals surface area contributed by atoms with Crippen LogP contribution in [0.3, 0.4) is 0 Å². The van der Waals surface area contributed by atoms with Gasteiger partial charge in [-0.25, -0.2) is 0 Å². The van der Waals surface area contributed by atoms with Gasteiger partial charge in [0.05, 0.1) is 5.66 Å². The molecule has 0 atom stereocenters. The molecule has 0 saturated heterocycles. The van der Waals surface area contributed by atoms with Gasteiger partial charge in [0, 0.05) is 39.2 Å². The summed E-state index contributed by atoms with van der Waals surface area (Å²) in [5.41, 5.74) is 11.9. The molecule has 2 nitrogen and oxygen atoms in total. The number of benzene rings is 6. The van der Waals surface area contributed by atoms with Crippen LogP contribution in [0.2, 0.25) is 0 Å². The summed E-state index contributed by atoms with van der Waals surface area (Å²) in [6.07, 6.45) is 6.67. The molecule has 0 unspecified atom stereocenters. The molecule has 2 aliphatic rings. The second-order valence-corrected chi connectivity index (χ2v) is 20.6. The van der Waals surface area contributed by atoms with Gasteiger partial charge in [-0.15, -0.1) is 0 Å². The van der Waals surface area contributed by atoms with Crippen LogP contribution >= 0.6 is 8.38 Å². The predicted molar refractivity (Wildman–Crippen MR) is 245 cm³/mol. The first kappa shape index (κ1) is 40.1. The summed E-state index contributed by atoms with van der Waals surface area (Å²) < 4.78 is 15.3. The highest BCUT2D eigenvalue weighted by molar-refractivity contribution is 7.49. The molecule has 1 aliphatic carbocycles. The minimum absolute atomic E-state index is 0.245. The lowest BCUT2D eigenvalue weighted by Gasteiger charge is -2.39. The molecule has 0 bridgehead atoms. The van der Waals surface area contributed by atoms with Gasteiger partial charge < -0.3 is 9.05 Å². The molecule has 0 radical (unpaired) electrons. The van der Waals surface area contributed by atoms with Crippen LogP contribution in [0.1, 0.15) is 143 Å². The van der Waals surface area contributed by atoms with Crippen molar-refractivity contribution in [2.75, 3.05) is 0 Å². The molecule has 8 rings (SSSR count). The van der Waals surface area contributed by atoms with Gasteiger partial charge in [0.15, 0.2) is 0 Å². The van der Waals surface area contributed by atoms with Crippen LogP contribution in [0.4, 0.5) is 0 Å². The third-order valence-electron chi connectivity index (χ3n) is 13.7. The van der Waals surface area contributed by atoms with E-state index < -0.39 is 8.38 Å². The normalized spacial score (nSPS) is 15.7. The number of hydrogen-bond acceptors (Lipinski definition) is 2. The molecule has 1 aliphatic heterocycles. The summed E-state index contributed by atoms with van der Waals surface area (Å²) in [7, 11) is -1.33. The molecule has 0 spiro atoms. The number of rotatable bonds is 9. The van der Waals surface area contributed by atoms with E-state index in [2.05, 4.69) is 201 Å². The summed E-state index contributed by atoms with van der Waals surface area (Å²) in [4.78, 5) is 0. The lowest BCUT2D eigenvalue weighted by atomic mass is 9.70. The van der Waals surface area contributed by atoms with Crippen molar-refractivity contribution in [3.05, 3.63) is 201 Å². The molecule has 1 saturated carbocycles. The molecule has 0 N–H and O–H groups in total. The van der Waals surface area contributed by atoms with Crippen LogP contribution in [0, 0.1) is 0 Å². The van der Waals surface area contributed by atoms with E-state index in [0.717, 1.165) is 24.3 Å². The van der Waals surface area contributed by atoms with Crippen LogP contribution < -0.4 is 9.05 Å². The molecule has 0 amide bonds. The second kappa shape index (κ2) is 15.8. The fraction of sp³-hybridized carbons (Fsp3) is 0.345. The predicted octanol–water partition coefficient (Wildman–Crippen LogP) is 15.0. The molecule has 3 heteroatoms. The van der Waals surface area contributed by atoms with Crippen LogP contribution in [0.25, 0.3) is 0 Å². The lowest BCUT2D eigenvalue weighted by Crippen LogP contribution is -2.28. The molecule has 298 valence electrons. The molecule has 1 heterocycles. The maximum Gasteiger partial charge on any atom is 0.293 e. The Morgan fingerprint density at radius 1 is 0.397 bits per heavy atom. The molecule has 58 heavy (non-hydrogen) atoms. The van der Waals surface area contributed by atoms with Crippen molar-refractivity contribution in [2.24, 2.45) is 0 Å². The zero-order chi connectivity index (χ0) is 40.7. The van der Waals surface area contributed by atoms with Crippen molar-refractivity contribution in [2.45, 2.75) is 121 Å². The Bertz CT molecular complexity index is 2180. The first-order valence-corrected chi connectivity index (χ1v) is 22.8. The first-order chi connectivity index (χ1) is 27.8. The molecule has 0 aromatic heterocycles. The van der Waals surface area contributed by atoms with E-state index in [-0.39, 0.29) is 21.7 Å². The minimum atomic E-state index is -1.33. The first-order valence-electron chi connectivity index (χ1n) is 21.5. The maximum atomic E-state index is 7.63. The van der Waals surface area contributed by atoms with Crippen molar-refractivity contribution in [3.8, 4) is 11.5 Å². The van der Waals surface area contributed by atoms with Crippen molar-refractivity contribution in [3.63, 3.8) is 0 Å². The number of hydrogen-bond donors (Lipinski definition) is 0. The Balaban J connectivity index is 1.43. The highest BCUT2D eigenvalue weighted by Gasteiger charge is 2.40. The average molecular weight is 785 g/mol. The summed E-state index contributed by atoms with van der Waals surface area (Å²) in [5, 5.41) is 0. The van der Waals surface area contributed by atoms with Crippen LogP contribution in [0.15, 0.2) is 146 Å². The summed E-state index contributed by atoms with van der Waals surface area (Å²) in [5.74, 6) is 2.03. The summed E-state index contributed by atoms with van der Waals surface area (Å²) in [6.45, 7) is 19.0. The Hall–Kier alpha value is -4.65. The highest BCUT2D eigenvalue weighted by Crippen LogP contribution is 2.58. The van der Waals surface area contributed by atoms with E-state index in [0.29, 0.717) is 12.1 Å². The van der Waals surface area contributed by atoms with Crippen LogP contribution in [0.5, 0.6) is 11.5 Å². The van der Waals surface area contributed by atoms with Gasteiger partial charge in [-0.2, -0.15) is 0 Å². The average Bonchev–Trinajstić information content (AvgIpc) is 3.24. The Kier molecular flexibility index (Phi) is 11.0. The van der Waals surface area contributed by atoms with E-state index in [1.54, 1.807) is 0 Å². The van der Waals surface area contributed by atoms with Crippen molar-refractivity contribution >= 4 is 8.38 Å². The SMILES string of the molecule is CC(C)(c1ccccc1)c1cc2c(c(C(C)(C)c3ccccc3)c1)OP(C1CCCCC1)Oc1c(cc(C(C)(C)c3ccccc3)cc1C(C)(C)c1ccccc1)C2. The quantitative estimate of drug-likeness (QED) is 0.136. The molecule has 6 aromatic carbocycles. The zero-order valence-corrected chi connectivity index (χ0v) is 36.8. The van der Waals surface area contributed by atoms with Gasteiger partial charge in [-0.1, -0.05) is 220 Å². The molecule has 6 aromatic rings. The number of fused-ring (bicyclic) bond motifs is 2. The van der Waals surface area contributed by atoms with E-state index in [9.17, 15) is 0 Å². The molecule has 1 fully saturated rings. The molecular formula is C55H61O2P. The maximum absolute atomic E-state index is 7.63. The zero-order valence-electron chi connectivity index (χ0n) is 35.9. The largest absolute Gasteiger partial charge is 0.438 e. The molecular weight excluding hydrogens is 724 g/mol. The van der Waals surface area contributed by atoms with Gasteiger partial charge in [0.2, 0.25) is 0 Å². The van der Waals surface area contributed by atoms with Gasteiger partial charge in [0.1, 0.15) is 11.5 Å². The van der Waals surface area contributed by atoms with Gasteiger partial charge in [-0.3, -0.25) is 0 Å². The van der Waals surface area contributed by atoms with Crippen molar-refractivity contribution in [1.82, 2.24) is 0 Å². The minimum Gasteiger partial charge on any atom is -0.438 e. The monoisotopic (exact) mass is 784 g/mol. The van der Waals surface area contributed by atoms with E-state index in [1.165, 1.54) is 74.9 Å². The second-order valence-electron chi connectivity index (χ2n) is 18.9. The van der Waals surface area contributed by atoms with Gasteiger partial charge in [0.25, 0.3) is 8.38 Å². The van der Waals surface area contributed by atoms with Crippen molar-refractivity contribution < 1.29 is 9.05 Å². The standard InChI is InChI=1S/C55H61O2P/c1-52(2,41-24-14-9-15-25-41)45-35-39-34-40-36-46(53(3,4)42-26-16-10-17-27-42)38-49(55(7,8)44-30-20-12-21-31-44)51(40)57-58(47-32-22-13-23-33-47)56-50(39)48(37-45)54(5,6)43-28-18-11-19-29-43/h9-12,14-21,24-31,35-38,47H,13,22-23,32-34H2,1-8H3. The summed E-state index contributed by atoms with van der Waals surface area (Å²) >= 11 is 0. The highest BCUT2D eigenvalue weighted by atomic mass is 31.2. The topological polar surface area (TPSA) is 18.5 Å². The van der Waals surface area contributed by atoms with Crippen LogP contribution in [-0.4, -0.2) is 5.66 Å². The van der Waals surface area contributed by atoms with Crippen molar-refractivity contribution in [1.29, 1.82) is 0 Å². The van der Waals surface area contributed by atoms with E-state index in [4.69, 9.17) is 9.05 Å². The van der Waals surface area contributed by atoms with Gasteiger partial charge >= 0.3 is 0 Å². The fourth-order valence-electron chi connectivity index (χ4n) is 9.41. The Labute approximate surface area is 350 Å². The smallest absolute Gasteiger partial charge is 0.293 e. The third-order valence-corrected chi connectivity index (χ3v) is 15.6. The van der Waals surface area contributed by atoms with Crippen LogP contribution in [-0.2, 0) is 28.1 Å². The fourth-order valence-corrected chi connectivity index (χ4v) is 11.3. The van der Waals surface area contributed by atoms with Gasteiger partial charge in [-0.05, 0) is 57.3 Å². The Morgan fingerprint density at radius 2 is 0.724 bits per heavy atom. The van der Waals surface area contributed by atoms with E-state index in [1.807, 2.05) is 0 Å². The van der Waals surface area contributed by atoms with E-state index >= 15 is 0 Å². The Morgan fingerprint density at radius 3 is 1.07 bits per heavy atom. The summed E-state index contributed by atoms with van der Waals surface area (Å²) in [6, 6.07) is 53.9. The third kappa shape index (κ3) is 7.55.